The molecular formula is C19H20F6N2O4. The Morgan fingerprint density at radius 3 is 2.16 bits per heavy atom. The zero-order chi connectivity index (χ0) is 22.8. The van der Waals surface area contributed by atoms with E-state index in [-0.39, 0.29) is 31.1 Å². The van der Waals surface area contributed by atoms with Gasteiger partial charge in [-0.3, -0.25) is 9.59 Å². The van der Waals surface area contributed by atoms with Crippen LogP contribution in [0.1, 0.15) is 29.5 Å². The third kappa shape index (κ3) is 6.10. The molecule has 1 aromatic rings. The molecule has 12 heteroatoms. The monoisotopic (exact) mass is 454 g/mol. The van der Waals surface area contributed by atoms with Gasteiger partial charge in [0.1, 0.15) is 0 Å². The average Bonchev–Trinajstić information content (AvgIpc) is 3.30. The summed E-state index contributed by atoms with van der Waals surface area (Å²) in [5.41, 5.74) is -3.21. The fourth-order valence-corrected chi connectivity index (χ4v) is 3.46. The quantitative estimate of drug-likeness (QED) is 0.672. The number of nitrogens with zero attached hydrogens (tertiary/aromatic N) is 1. The molecule has 3 rings (SSSR count). The maximum atomic E-state index is 13.0. The second-order valence-electron chi connectivity index (χ2n) is 7.34. The van der Waals surface area contributed by atoms with Crippen LogP contribution in [0.25, 0.3) is 0 Å². The number of carbonyl (C=O) groups excluding carboxylic acids is 2. The van der Waals surface area contributed by atoms with Crippen LogP contribution in [0, 0.1) is 5.92 Å². The summed E-state index contributed by atoms with van der Waals surface area (Å²) >= 11 is 0. The van der Waals surface area contributed by atoms with Crippen LogP contribution in [-0.2, 0) is 38.0 Å². The number of rotatable bonds is 6. The molecular weight excluding hydrogens is 434 g/mol. The summed E-state index contributed by atoms with van der Waals surface area (Å²) in [7, 11) is 0. The lowest BCUT2D eigenvalue weighted by atomic mass is 10.0. The third-order valence-electron chi connectivity index (χ3n) is 4.98. The molecule has 0 radical (unpaired) electrons. The largest absolute Gasteiger partial charge is 0.416 e. The molecule has 2 saturated heterocycles. The number of alkyl halides is 6. The molecule has 0 aromatic heterocycles. The molecule has 1 N–H and O–H groups in total. The first kappa shape index (κ1) is 23.3. The lowest BCUT2D eigenvalue weighted by Gasteiger charge is -2.19. The van der Waals surface area contributed by atoms with E-state index < -0.39 is 54.0 Å². The molecule has 0 spiro atoms. The molecule has 1 atom stereocenters. The number of hydrogen-bond acceptors (Lipinski definition) is 4. The van der Waals surface area contributed by atoms with Crippen molar-refractivity contribution in [1.82, 2.24) is 10.2 Å². The number of hydrogen-bond donors (Lipinski definition) is 1. The van der Waals surface area contributed by atoms with Crippen molar-refractivity contribution >= 4 is 11.8 Å². The third-order valence-corrected chi connectivity index (χ3v) is 4.98. The molecule has 0 aliphatic carbocycles. The first-order valence-corrected chi connectivity index (χ1v) is 9.50. The minimum absolute atomic E-state index is 0.0311. The summed E-state index contributed by atoms with van der Waals surface area (Å²) in [6, 6.07) is 1.19. The van der Waals surface area contributed by atoms with Crippen LogP contribution in [0.5, 0.6) is 0 Å². The van der Waals surface area contributed by atoms with Crippen LogP contribution in [-0.4, -0.2) is 49.3 Å². The van der Waals surface area contributed by atoms with Gasteiger partial charge in [0.25, 0.3) is 0 Å². The van der Waals surface area contributed by atoms with Crippen LogP contribution in [0.15, 0.2) is 18.2 Å². The van der Waals surface area contributed by atoms with Crippen molar-refractivity contribution < 1.29 is 45.4 Å². The number of halogens is 6. The molecule has 2 fully saturated rings. The van der Waals surface area contributed by atoms with Gasteiger partial charge in [-0.1, -0.05) is 0 Å². The highest BCUT2D eigenvalue weighted by Gasteiger charge is 2.38. The van der Waals surface area contributed by atoms with Gasteiger partial charge >= 0.3 is 12.4 Å². The van der Waals surface area contributed by atoms with Crippen molar-refractivity contribution in [3.63, 3.8) is 0 Å². The maximum Gasteiger partial charge on any atom is 0.416 e. The highest BCUT2D eigenvalue weighted by molar-refractivity contribution is 5.89. The first-order chi connectivity index (χ1) is 14.4. The summed E-state index contributed by atoms with van der Waals surface area (Å²) in [5.74, 6) is -1.69. The molecule has 172 valence electrons. The number of likely N-dealkylation sites (tertiary alicyclic amines) is 1. The topological polar surface area (TPSA) is 67.9 Å². The second-order valence-corrected chi connectivity index (χ2v) is 7.34. The number of benzene rings is 1. The summed E-state index contributed by atoms with van der Waals surface area (Å²) < 4.78 is 88.5. The van der Waals surface area contributed by atoms with E-state index in [1.165, 1.54) is 0 Å². The van der Waals surface area contributed by atoms with Crippen LogP contribution in [0.3, 0.4) is 0 Å². The molecule has 2 amide bonds. The average molecular weight is 454 g/mol. The van der Waals surface area contributed by atoms with E-state index in [0.717, 1.165) is 4.90 Å². The SMILES string of the molecule is O=C(NCCC1OCCO1)C1CC(=O)N(Cc2cc(C(F)(F)F)cc(C(F)(F)F)c2)C1. The molecule has 2 heterocycles. The summed E-state index contributed by atoms with van der Waals surface area (Å²) in [4.78, 5) is 25.6. The highest BCUT2D eigenvalue weighted by Crippen LogP contribution is 2.36. The van der Waals surface area contributed by atoms with Crippen molar-refractivity contribution in [2.75, 3.05) is 26.3 Å². The number of nitrogens with one attached hydrogen (secondary N) is 1. The van der Waals surface area contributed by atoms with Gasteiger partial charge in [0.2, 0.25) is 11.8 Å². The zero-order valence-corrected chi connectivity index (χ0v) is 16.2. The molecule has 6 nitrogen and oxygen atoms in total. The summed E-state index contributed by atoms with van der Waals surface area (Å²) in [6.45, 7) is 0.626. The van der Waals surface area contributed by atoms with E-state index >= 15 is 0 Å². The molecule has 0 saturated carbocycles. The van der Waals surface area contributed by atoms with Crippen LogP contribution in [0.4, 0.5) is 26.3 Å². The Morgan fingerprint density at radius 2 is 1.61 bits per heavy atom. The number of ether oxygens (including phenoxy) is 2. The van der Waals surface area contributed by atoms with E-state index in [1.807, 2.05) is 0 Å². The fourth-order valence-electron chi connectivity index (χ4n) is 3.46. The highest BCUT2D eigenvalue weighted by atomic mass is 19.4. The summed E-state index contributed by atoms with van der Waals surface area (Å²) in [5, 5.41) is 2.64. The van der Waals surface area contributed by atoms with Crippen molar-refractivity contribution in [3.8, 4) is 0 Å². The molecule has 31 heavy (non-hydrogen) atoms. The number of carbonyl (C=O) groups is 2. The molecule has 2 aliphatic heterocycles. The van der Waals surface area contributed by atoms with E-state index in [9.17, 15) is 35.9 Å². The lowest BCUT2D eigenvalue weighted by molar-refractivity contribution is -0.143. The molecule has 1 aromatic carbocycles. The smallest absolute Gasteiger partial charge is 0.356 e. The van der Waals surface area contributed by atoms with Crippen molar-refractivity contribution in [3.05, 3.63) is 34.9 Å². The minimum atomic E-state index is -4.97. The lowest BCUT2D eigenvalue weighted by Crippen LogP contribution is -2.34. The second kappa shape index (κ2) is 9.03. The molecule has 1 unspecified atom stereocenters. The van der Waals surface area contributed by atoms with Gasteiger partial charge in [0, 0.05) is 32.5 Å². The van der Waals surface area contributed by atoms with Gasteiger partial charge < -0.3 is 19.7 Å². The van der Waals surface area contributed by atoms with Gasteiger partial charge in [0.05, 0.1) is 30.3 Å². The Morgan fingerprint density at radius 1 is 1.03 bits per heavy atom. The predicted octanol–water partition coefficient (Wildman–Crippen LogP) is 2.95. The van der Waals surface area contributed by atoms with Gasteiger partial charge in [-0.05, 0) is 23.8 Å². The van der Waals surface area contributed by atoms with Gasteiger partial charge in [0.15, 0.2) is 6.29 Å². The van der Waals surface area contributed by atoms with Crippen LogP contribution < -0.4 is 5.32 Å². The van der Waals surface area contributed by atoms with E-state index in [2.05, 4.69) is 5.32 Å². The Balaban J connectivity index is 1.63. The van der Waals surface area contributed by atoms with Crippen molar-refractivity contribution in [2.24, 2.45) is 5.92 Å². The molecule has 2 aliphatic rings. The van der Waals surface area contributed by atoms with Gasteiger partial charge in [-0.15, -0.1) is 0 Å². The number of amides is 2. The van der Waals surface area contributed by atoms with Crippen molar-refractivity contribution in [1.29, 1.82) is 0 Å². The summed E-state index contributed by atoms with van der Waals surface area (Å²) in [6.07, 6.45) is -10.1. The van der Waals surface area contributed by atoms with E-state index in [0.29, 0.717) is 31.8 Å². The Labute approximate surface area is 173 Å². The maximum absolute atomic E-state index is 13.0. The van der Waals surface area contributed by atoms with Crippen molar-refractivity contribution in [2.45, 2.75) is 38.0 Å². The van der Waals surface area contributed by atoms with Gasteiger partial charge in [-0.2, -0.15) is 26.3 Å². The Kier molecular flexibility index (Phi) is 6.79. The minimum Gasteiger partial charge on any atom is -0.356 e. The predicted molar refractivity (Wildman–Crippen MR) is 93.3 cm³/mol. The fraction of sp³-hybridized carbons (Fsp3) is 0.579. The zero-order valence-electron chi connectivity index (χ0n) is 16.2. The van der Waals surface area contributed by atoms with Gasteiger partial charge in [-0.25, -0.2) is 0 Å². The Bertz CT molecular complexity index is 788. The van der Waals surface area contributed by atoms with Crippen LogP contribution >= 0.6 is 0 Å². The van der Waals surface area contributed by atoms with E-state index in [1.54, 1.807) is 0 Å². The van der Waals surface area contributed by atoms with Crippen LogP contribution in [0.2, 0.25) is 0 Å². The standard InChI is InChI=1S/C19H20F6N2O4/c20-18(21,22)13-5-11(6-14(8-13)19(23,24)25)9-27-10-12(7-15(27)28)17(29)26-2-1-16-30-3-4-31-16/h5-6,8,12,16H,1-4,7,9-10H2,(H,26,29). The Hall–Kier alpha value is -2.34. The molecule has 0 bridgehead atoms. The first-order valence-electron chi connectivity index (χ1n) is 9.50. The van der Waals surface area contributed by atoms with E-state index in [4.69, 9.17) is 9.47 Å². The normalized spacial score (nSPS) is 20.5.